The molecule has 0 atom stereocenters. The van der Waals surface area contributed by atoms with E-state index < -0.39 is 0 Å². The maximum absolute atomic E-state index is 5.08. The van der Waals surface area contributed by atoms with Crippen LogP contribution in [0.1, 0.15) is 5.56 Å². The molecule has 0 aliphatic rings. The Bertz CT molecular complexity index is 2840. The molecule has 0 aliphatic carbocycles. The highest BCUT2D eigenvalue weighted by atomic mass is 32.1. The van der Waals surface area contributed by atoms with E-state index >= 15 is 0 Å². The highest BCUT2D eigenvalue weighted by Gasteiger charge is 2.18. The van der Waals surface area contributed by atoms with Crippen LogP contribution < -0.4 is 0 Å². The van der Waals surface area contributed by atoms with E-state index in [0.29, 0.717) is 5.82 Å². The van der Waals surface area contributed by atoms with Crippen LogP contribution in [0.15, 0.2) is 170 Å². The van der Waals surface area contributed by atoms with Gasteiger partial charge in [-0.05, 0) is 55.0 Å². The molecule has 0 unspecified atom stereocenters. The molecule has 3 heterocycles. The zero-order valence-corrected chi connectivity index (χ0v) is 28.7. The molecule has 0 N–H and O–H groups in total. The summed E-state index contributed by atoms with van der Waals surface area (Å²) in [6.07, 6.45) is 0. The van der Waals surface area contributed by atoms with Crippen molar-refractivity contribution in [2.75, 3.05) is 0 Å². The van der Waals surface area contributed by atoms with Gasteiger partial charge in [-0.15, -0.1) is 11.3 Å². The lowest BCUT2D eigenvalue weighted by Crippen LogP contribution is -1.96. The fourth-order valence-electron chi connectivity index (χ4n) is 7.41. The highest BCUT2D eigenvalue weighted by molar-refractivity contribution is 7.26. The summed E-state index contributed by atoms with van der Waals surface area (Å²) in [7, 11) is 0. The van der Waals surface area contributed by atoms with Crippen molar-refractivity contribution >= 4 is 53.3 Å². The zero-order chi connectivity index (χ0) is 33.9. The van der Waals surface area contributed by atoms with Gasteiger partial charge < -0.3 is 4.57 Å². The Morgan fingerprint density at radius 2 is 1.06 bits per heavy atom. The topological polar surface area (TPSA) is 30.7 Å². The summed E-state index contributed by atoms with van der Waals surface area (Å²) in [5, 5.41) is 5.11. The molecule has 3 aromatic heterocycles. The normalized spacial score (nSPS) is 11.6. The Balaban J connectivity index is 1.16. The number of hydrogen-bond acceptors (Lipinski definition) is 3. The molecule has 0 radical (unpaired) electrons. The van der Waals surface area contributed by atoms with Crippen molar-refractivity contribution in [1.82, 2.24) is 14.5 Å². The fraction of sp³-hybridized carbons (Fsp3) is 0.0213. The Hall–Kier alpha value is -6.36. The van der Waals surface area contributed by atoms with Gasteiger partial charge in [0.2, 0.25) is 0 Å². The van der Waals surface area contributed by atoms with Gasteiger partial charge >= 0.3 is 0 Å². The molecule has 0 amide bonds. The van der Waals surface area contributed by atoms with Gasteiger partial charge in [0.05, 0.1) is 22.4 Å². The molecule has 0 aliphatic heterocycles. The van der Waals surface area contributed by atoms with Crippen molar-refractivity contribution < 1.29 is 0 Å². The van der Waals surface area contributed by atoms with Crippen LogP contribution in [-0.2, 0) is 0 Å². The van der Waals surface area contributed by atoms with Gasteiger partial charge in [0.15, 0.2) is 5.82 Å². The van der Waals surface area contributed by atoms with Gasteiger partial charge in [-0.3, -0.25) is 0 Å². The first-order valence-corrected chi connectivity index (χ1v) is 18.1. The third-order valence-electron chi connectivity index (χ3n) is 9.87. The van der Waals surface area contributed by atoms with Gasteiger partial charge in [-0.1, -0.05) is 133 Å². The van der Waals surface area contributed by atoms with Crippen LogP contribution >= 0.6 is 11.3 Å². The van der Waals surface area contributed by atoms with Gasteiger partial charge in [0, 0.05) is 58.9 Å². The van der Waals surface area contributed by atoms with Crippen LogP contribution in [-0.4, -0.2) is 14.5 Å². The number of benzene rings is 7. The molecule has 0 fully saturated rings. The second kappa shape index (κ2) is 11.9. The Morgan fingerprint density at radius 3 is 1.78 bits per heavy atom. The lowest BCUT2D eigenvalue weighted by molar-refractivity contribution is 1.18. The summed E-state index contributed by atoms with van der Waals surface area (Å²) in [6, 6.07) is 60.6. The first-order valence-electron chi connectivity index (χ1n) is 17.2. The number of para-hydroxylation sites is 1. The molecule has 240 valence electrons. The minimum Gasteiger partial charge on any atom is -0.309 e. The summed E-state index contributed by atoms with van der Waals surface area (Å²) in [6.45, 7) is 2.17. The molecule has 0 saturated heterocycles. The molecular weight excluding hydrogens is 639 g/mol. The quantitative estimate of drug-likeness (QED) is 0.183. The molecule has 0 bridgehead atoms. The molecule has 10 rings (SSSR count). The number of fused-ring (bicyclic) bond motifs is 6. The van der Waals surface area contributed by atoms with E-state index in [1.54, 1.807) is 0 Å². The van der Waals surface area contributed by atoms with Crippen molar-refractivity contribution in [2.45, 2.75) is 6.92 Å². The van der Waals surface area contributed by atoms with Crippen LogP contribution in [0.5, 0.6) is 0 Å². The maximum Gasteiger partial charge on any atom is 0.160 e. The Morgan fingerprint density at radius 1 is 0.451 bits per heavy atom. The van der Waals surface area contributed by atoms with E-state index in [1.807, 2.05) is 23.5 Å². The summed E-state index contributed by atoms with van der Waals surface area (Å²) in [4.78, 5) is 10.2. The molecule has 3 nitrogen and oxygen atoms in total. The van der Waals surface area contributed by atoms with E-state index in [2.05, 4.69) is 169 Å². The molecule has 10 aromatic rings. The minimum atomic E-state index is 0.711. The van der Waals surface area contributed by atoms with Gasteiger partial charge in [0.25, 0.3) is 0 Å². The zero-order valence-electron chi connectivity index (χ0n) is 27.9. The SMILES string of the molecule is Cc1ccc2c(c1)c1ccccc1n2-c1cc(-c2ccc(-c3nc(-c4ccccc4)cc(-c4ccccc4)n3)cc2)c2sc3ccccc3c2c1. The van der Waals surface area contributed by atoms with Crippen molar-refractivity contribution in [3.8, 4) is 50.7 Å². The van der Waals surface area contributed by atoms with Crippen LogP contribution in [0.25, 0.3) is 92.7 Å². The Labute approximate surface area is 299 Å². The van der Waals surface area contributed by atoms with Gasteiger partial charge in [-0.25, -0.2) is 9.97 Å². The fourth-order valence-corrected chi connectivity index (χ4v) is 8.63. The maximum atomic E-state index is 5.08. The summed E-state index contributed by atoms with van der Waals surface area (Å²) in [5.41, 5.74) is 12.2. The second-order valence-corrected chi connectivity index (χ2v) is 14.2. The van der Waals surface area contributed by atoms with Crippen LogP contribution in [0.4, 0.5) is 0 Å². The molecule has 51 heavy (non-hydrogen) atoms. The van der Waals surface area contributed by atoms with Crippen LogP contribution in [0.2, 0.25) is 0 Å². The lowest BCUT2D eigenvalue weighted by Gasteiger charge is -2.13. The van der Waals surface area contributed by atoms with E-state index in [9.17, 15) is 0 Å². The van der Waals surface area contributed by atoms with Crippen molar-refractivity contribution in [3.05, 3.63) is 175 Å². The van der Waals surface area contributed by atoms with E-state index in [4.69, 9.17) is 9.97 Å². The summed E-state index contributed by atoms with van der Waals surface area (Å²) < 4.78 is 5.01. The van der Waals surface area contributed by atoms with Crippen LogP contribution in [0, 0.1) is 6.92 Å². The predicted molar refractivity (Wildman–Crippen MR) is 216 cm³/mol. The third kappa shape index (κ3) is 5.03. The average molecular weight is 670 g/mol. The van der Waals surface area contributed by atoms with Crippen molar-refractivity contribution in [3.63, 3.8) is 0 Å². The van der Waals surface area contributed by atoms with Crippen molar-refractivity contribution in [2.24, 2.45) is 0 Å². The number of aryl methyl sites for hydroxylation is 1. The molecule has 7 aromatic carbocycles. The van der Waals surface area contributed by atoms with E-state index in [-0.39, 0.29) is 0 Å². The summed E-state index contributed by atoms with van der Waals surface area (Å²) in [5.74, 6) is 0.711. The summed E-state index contributed by atoms with van der Waals surface area (Å²) >= 11 is 1.86. The smallest absolute Gasteiger partial charge is 0.160 e. The van der Waals surface area contributed by atoms with Crippen LogP contribution in [0.3, 0.4) is 0 Å². The standard InChI is InChI=1S/C47H31N3S/c1-30-20-25-44-39(26-30)36-16-8-10-18-43(36)50(44)35-27-38(46-40(28-35)37-17-9-11-19-45(37)51-46)31-21-23-34(24-22-31)47-48-41(32-12-4-2-5-13-32)29-42(49-47)33-14-6-3-7-15-33/h2-29H,1H3. The second-order valence-electron chi connectivity index (χ2n) is 13.1. The number of rotatable bonds is 5. The largest absolute Gasteiger partial charge is 0.309 e. The van der Waals surface area contributed by atoms with Crippen molar-refractivity contribution in [1.29, 1.82) is 0 Å². The number of nitrogens with zero attached hydrogens (tertiary/aromatic N) is 3. The monoisotopic (exact) mass is 669 g/mol. The average Bonchev–Trinajstić information content (AvgIpc) is 3.73. The number of thiophene rings is 1. The number of hydrogen-bond donors (Lipinski definition) is 0. The van der Waals surface area contributed by atoms with Gasteiger partial charge in [0.1, 0.15) is 0 Å². The highest BCUT2D eigenvalue weighted by Crippen LogP contribution is 2.43. The third-order valence-corrected chi connectivity index (χ3v) is 11.1. The molecular formula is C47H31N3S. The first-order chi connectivity index (χ1) is 25.2. The predicted octanol–water partition coefficient (Wildman–Crippen LogP) is 12.9. The lowest BCUT2D eigenvalue weighted by atomic mass is 10.00. The molecule has 0 spiro atoms. The Kier molecular flexibility index (Phi) is 6.90. The van der Waals surface area contributed by atoms with E-state index in [1.165, 1.54) is 53.1 Å². The van der Waals surface area contributed by atoms with Gasteiger partial charge in [-0.2, -0.15) is 0 Å². The molecule has 4 heteroatoms. The van der Waals surface area contributed by atoms with E-state index in [0.717, 1.165) is 39.3 Å². The molecule has 0 saturated carbocycles. The number of aromatic nitrogens is 3. The first kappa shape index (κ1) is 29.5. The minimum absolute atomic E-state index is 0.711.